The standard InChI is InChI=1S/C21H18ClFN2O4/c1-3-25(10-13-7-8-16-17(9-13)28-11-27-16)21(26)18-12(2)29-24-20(18)19-14(22)5-4-6-15(19)23/h4-9H,3,10-11H2,1-2H3. The van der Waals surface area contributed by atoms with E-state index in [4.69, 9.17) is 25.6 Å². The number of fused-ring (bicyclic) bond motifs is 1. The Morgan fingerprint density at radius 2 is 2.03 bits per heavy atom. The molecule has 29 heavy (non-hydrogen) atoms. The van der Waals surface area contributed by atoms with E-state index in [1.807, 2.05) is 25.1 Å². The van der Waals surface area contributed by atoms with Crippen LogP contribution in [0.2, 0.25) is 5.02 Å². The van der Waals surface area contributed by atoms with Crippen molar-refractivity contribution in [1.29, 1.82) is 0 Å². The Morgan fingerprint density at radius 3 is 2.79 bits per heavy atom. The number of aromatic nitrogens is 1. The fourth-order valence-corrected chi connectivity index (χ4v) is 3.52. The summed E-state index contributed by atoms with van der Waals surface area (Å²) in [6.07, 6.45) is 0. The summed E-state index contributed by atoms with van der Waals surface area (Å²) in [5.41, 5.74) is 1.22. The fraction of sp³-hybridized carbons (Fsp3) is 0.238. The van der Waals surface area contributed by atoms with Gasteiger partial charge in [-0.3, -0.25) is 4.79 Å². The largest absolute Gasteiger partial charge is 0.454 e. The van der Waals surface area contributed by atoms with Crippen LogP contribution in [0, 0.1) is 12.7 Å². The van der Waals surface area contributed by atoms with E-state index in [0.29, 0.717) is 30.3 Å². The summed E-state index contributed by atoms with van der Waals surface area (Å²) < 4.78 is 30.4. The van der Waals surface area contributed by atoms with Gasteiger partial charge in [0.1, 0.15) is 22.8 Å². The number of halogens is 2. The van der Waals surface area contributed by atoms with Gasteiger partial charge in [-0.2, -0.15) is 0 Å². The topological polar surface area (TPSA) is 64.8 Å². The van der Waals surface area contributed by atoms with Crippen LogP contribution in [0.15, 0.2) is 40.9 Å². The monoisotopic (exact) mass is 416 g/mol. The van der Waals surface area contributed by atoms with Crippen molar-refractivity contribution in [3.05, 3.63) is 64.1 Å². The lowest BCUT2D eigenvalue weighted by molar-refractivity contribution is 0.0751. The van der Waals surface area contributed by atoms with E-state index in [0.717, 1.165) is 5.56 Å². The second-order valence-electron chi connectivity index (χ2n) is 6.57. The van der Waals surface area contributed by atoms with Crippen LogP contribution in [0.3, 0.4) is 0 Å². The number of carbonyl (C=O) groups excluding carboxylic acids is 1. The number of hydrogen-bond donors (Lipinski definition) is 0. The van der Waals surface area contributed by atoms with Crippen molar-refractivity contribution in [2.24, 2.45) is 0 Å². The van der Waals surface area contributed by atoms with Gasteiger partial charge in [-0.1, -0.05) is 28.9 Å². The molecule has 0 N–H and O–H groups in total. The number of carbonyl (C=O) groups is 1. The molecule has 4 rings (SSSR count). The van der Waals surface area contributed by atoms with E-state index < -0.39 is 5.82 Å². The van der Waals surface area contributed by atoms with Crippen molar-refractivity contribution in [1.82, 2.24) is 10.1 Å². The van der Waals surface area contributed by atoms with E-state index in [1.165, 1.54) is 12.1 Å². The molecule has 0 radical (unpaired) electrons. The summed E-state index contributed by atoms with van der Waals surface area (Å²) in [7, 11) is 0. The van der Waals surface area contributed by atoms with Crippen molar-refractivity contribution < 1.29 is 23.2 Å². The number of nitrogens with zero attached hydrogens (tertiary/aromatic N) is 2. The minimum Gasteiger partial charge on any atom is -0.454 e. The molecule has 0 saturated heterocycles. The number of ether oxygens (including phenoxy) is 2. The van der Waals surface area contributed by atoms with E-state index in [1.54, 1.807) is 17.9 Å². The van der Waals surface area contributed by atoms with Crippen molar-refractivity contribution in [3.63, 3.8) is 0 Å². The molecule has 150 valence electrons. The zero-order valence-corrected chi connectivity index (χ0v) is 16.6. The normalized spacial score (nSPS) is 12.3. The Balaban J connectivity index is 1.67. The van der Waals surface area contributed by atoms with Crippen LogP contribution < -0.4 is 9.47 Å². The van der Waals surface area contributed by atoms with Crippen LogP contribution in [-0.2, 0) is 6.54 Å². The molecule has 2 aromatic carbocycles. The lowest BCUT2D eigenvalue weighted by Gasteiger charge is -2.21. The van der Waals surface area contributed by atoms with E-state index >= 15 is 0 Å². The van der Waals surface area contributed by atoms with Gasteiger partial charge in [0.05, 0.1) is 10.6 Å². The number of amides is 1. The van der Waals surface area contributed by atoms with E-state index in [-0.39, 0.29) is 34.5 Å². The molecule has 0 unspecified atom stereocenters. The Kier molecular flexibility index (Phi) is 5.15. The lowest BCUT2D eigenvalue weighted by atomic mass is 10.0. The van der Waals surface area contributed by atoms with E-state index in [9.17, 15) is 9.18 Å². The minimum atomic E-state index is -0.571. The first-order chi connectivity index (χ1) is 14.0. The van der Waals surface area contributed by atoms with Crippen LogP contribution >= 0.6 is 11.6 Å². The Labute approximate surface area is 171 Å². The summed E-state index contributed by atoms with van der Waals surface area (Å²) in [6.45, 7) is 4.43. The van der Waals surface area contributed by atoms with Crippen molar-refractivity contribution in [2.45, 2.75) is 20.4 Å². The molecule has 0 atom stereocenters. The predicted octanol–water partition coefficient (Wildman–Crippen LogP) is 4.83. The number of benzene rings is 2. The molecule has 1 amide bonds. The first kappa shape index (κ1) is 19.3. The molecule has 8 heteroatoms. The van der Waals surface area contributed by atoms with Gasteiger partial charge in [0.15, 0.2) is 11.5 Å². The average molecular weight is 417 g/mol. The highest BCUT2D eigenvalue weighted by atomic mass is 35.5. The lowest BCUT2D eigenvalue weighted by Crippen LogP contribution is -2.31. The highest BCUT2D eigenvalue weighted by molar-refractivity contribution is 6.33. The molecular formula is C21H18ClFN2O4. The summed E-state index contributed by atoms with van der Waals surface area (Å²) in [6, 6.07) is 9.83. The molecule has 0 bridgehead atoms. The van der Waals surface area contributed by atoms with Gasteiger partial charge in [-0.05, 0) is 43.7 Å². The summed E-state index contributed by atoms with van der Waals surface area (Å²) in [5.74, 6) is 0.728. The fourth-order valence-electron chi connectivity index (χ4n) is 3.26. The third kappa shape index (κ3) is 3.53. The maximum atomic E-state index is 14.4. The molecule has 1 aliphatic heterocycles. The van der Waals surface area contributed by atoms with Gasteiger partial charge in [0.25, 0.3) is 5.91 Å². The smallest absolute Gasteiger partial charge is 0.260 e. The second-order valence-corrected chi connectivity index (χ2v) is 6.97. The maximum absolute atomic E-state index is 14.4. The van der Waals surface area contributed by atoms with Gasteiger partial charge in [0.2, 0.25) is 6.79 Å². The molecule has 6 nitrogen and oxygen atoms in total. The molecule has 0 aliphatic carbocycles. The first-order valence-electron chi connectivity index (χ1n) is 9.08. The molecule has 0 saturated carbocycles. The summed E-state index contributed by atoms with van der Waals surface area (Å²) >= 11 is 6.17. The Bertz CT molecular complexity index is 1060. The number of aryl methyl sites for hydroxylation is 1. The van der Waals surface area contributed by atoms with Crippen molar-refractivity contribution >= 4 is 17.5 Å². The zero-order valence-electron chi connectivity index (χ0n) is 15.9. The van der Waals surface area contributed by atoms with Gasteiger partial charge in [-0.25, -0.2) is 4.39 Å². The highest BCUT2D eigenvalue weighted by Gasteiger charge is 2.28. The third-order valence-electron chi connectivity index (χ3n) is 4.76. The quantitative estimate of drug-likeness (QED) is 0.595. The van der Waals surface area contributed by atoms with Crippen LogP contribution in [-0.4, -0.2) is 29.3 Å². The third-order valence-corrected chi connectivity index (χ3v) is 5.07. The molecule has 0 fully saturated rings. The molecule has 2 heterocycles. The molecule has 1 aromatic heterocycles. The minimum absolute atomic E-state index is 0.0495. The first-order valence-corrected chi connectivity index (χ1v) is 9.45. The molecule has 0 spiro atoms. The molecular weight excluding hydrogens is 399 g/mol. The molecule has 1 aliphatic rings. The van der Waals surface area contributed by atoms with Crippen LogP contribution in [0.4, 0.5) is 4.39 Å². The zero-order chi connectivity index (χ0) is 20.5. The van der Waals surface area contributed by atoms with Crippen LogP contribution in [0.5, 0.6) is 11.5 Å². The Hall–Kier alpha value is -3.06. The van der Waals surface area contributed by atoms with Gasteiger partial charge >= 0.3 is 0 Å². The van der Waals surface area contributed by atoms with E-state index in [2.05, 4.69) is 5.16 Å². The van der Waals surface area contributed by atoms with Crippen LogP contribution in [0.1, 0.15) is 28.6 Å². The number of hydrogen-bond acceptors (Lipinski definition) is 5. The van der Waals surface area contributed by atoms with Gasteiger partial charge < -0.3 is 18.9 Å². The van der Waals surface area contributed by atoms with Gasteiger partial charge in [0, 0.05) is 13.1 Å². The van der Waals surface area contributed by atoms with Crippen LogP contribution in [0.25, 0.3) is 11.3 Å². The number of rotatable bonds is 5. The second kappa shape index (κ2) is 7.75. The van der Waals surface area contributed by atoms with Gasteiger partial charge in [-0.15, -0.1) is 0 Å². The maximum Gasteiger partial charge on any atom is 0.260 e. The summed E-state index contributed by atoms with van der Waals surface area (Å²) in [5, 5.41) is 4.07. The van der Waals surface area contributed by atoms with Crippen molar-refractivity contribution in [2.75, 3.05) is 13.3 Å². The van der Waals surface area contributed by atoms with Crippen molar-refractivity contribution in [3.8, 4) is 22.8 Å². The summed E-state index contributed by atoms with van der Waals surface area (Å²) in [4.78, 5) is 14.9. The molecule has 3 aromatic rings. The average Bonchev–Trinajstić information content (AvgIpc) is 3.31. The highest BCUT2D eigenvalue weighted by Crippen LogP contribution is 2.35. The Morgan fingerprint density at radius 1 is 1.24 bits per heavy atom. The SMILES string of the molecule is CCN(Cc1ccc2c(c1)OCO2)C(=O)c1c(-c2c(F)cccc2Cl)noc1C. The predicted molar refractivity (Wildman–Crippen MR) is 105 cm³/mol.